The molecular weight excluding hydrogens is 278 g/mol. The molecule has 3 rings (SSSR count). The standard InChI is InChI=1S/C17H23N3O2/c1-14-16(15-6-3-2-4-7-15)18-20(17(14)21)9-5-8-19-10-12-22-13-11-19/h2-4,6-7,14H,5,8-13H2,1H3. The molecule has 22 heavy (non-hydrogen) atoms. The first-order valence-electron chi connectivity index (χ1n) is 8.01. The van der Waals surface area contributed by atoms with Crippen LogP contribution in [0.1, 0.15) is 18.9 Å². The van der Waals surface area contributed by atoms with Gasteiger partial charge in [-0.05, 0) is 18.9 Å². The summed E-state index contributed by atoms with van der Waals surface area (Å²) >= 11 is 0. The minimum atomic E-state index is -0.147. The van der Waals surface area contributed by atoms with E-state index in [1.54, 1.807) is 5.01 Å². The summed E-state index contributed by atoms with van der Waals surface area (Å²) in [6.45, 7) is 7.24. The number of rotatable bonds is 5. The Balaban J connectivity index is 1.57. The smallest absolute Gasteiger partial charge is 0.251 e. The average molecular weight is 301 g/mol. The quantitative estimate of drug-likeness (QED) is 0.829. The predicted molar refractivity (Wildman–Crippen MR) is 85.7 cm³/mol. The van der Waals surface area contributed by atoms with Gasteiger partial charge < -0.3 is 4.74 Å². The Morgan fingerprint density at radius 3 is 2.64 bits per heavy atom. The lowest BCUT2D eigenvalue weighted by Gasteiger charge is -2.26. The summed E-state index contributed by atoms with van der Waals surface area (Å²) in [6.07, 6.45) is 0.948. The number of morpholine rings is 1. The van der Waals surface area contributed by atoms with Crippen molar-refractivity contribution in [1.82, 2.24) is 9.91 Å². The van der Waals surface area contributed by atoms with Crippen LogP contribution in [0.15, 0.2) is 35.4 Å². The summed E-state index contributed by atoms with van der Waals surface area (Å²) in [5, 5.41) is 6.21. The van der Waals surface area contributed by atoms with Gasteiger partial charge in [0.2, 0.25) is 0 Å². The summed E-state index contributed by atoms with van der Waals surface area (Å²) in [7, 11) is 0. The zero-order valence-electron chi connectivity index (χ0n) is 13.1. The molecule has 0 saturated carbocycles. The number of hydrogen-bond acceptors (Lipinski definition) is 4. The highest BCUT2D eigenvalue weighted by molar-refractivity contribution is 6.15. The van der Waals surface area contributed by atoms with Crippen LogP contribution < -0.4 is 0 Å². The number of hydrogen-bond donors (Lipinski definition) is 0. The molecule has 0 bridgehead atoms. The van der Waals surface area contributed by atoms with E-state index in [9.17, 15) is 4.79 Å². The molecule has 0 aliphatic carbocycles. The lowest BCUT2D eigenvalue weighted by atomic mass is 9.99. The third kappa shape index (κ3) is 3.36. The maximum atomic E-state index is 12.3. The molecule has 0 radical (unpaired) electrons. The van der Waals surface area contributed by atoms with Gasteiger partial charge in [-0.1, -0.05) is 30.3 Å². The van der Waals surface area contributed by atoms with Crippen molar-refractivity contribution in [1.29, 1.82) is 0 Å². The minimum Gasteiger partial charge on any atom is -0.379 e. The molecule has 1 atom stereocenters. The van der Waals surface area contributed by atoms with E-state index in [0.717, 1.165) is 50.5 Å². The maximum absolute atomic E-state index is 12.3. The number of ether oxygens (including phenoxy) is 1. The van der Waals surface area contributed by atoms with E-state index in [-0.39, 0.29) is 11.8 Å². The lowest BCUT2D eigenvalue weighted by Crippen LogP contribution is -2.38. The van der Waals surface area contributed by atoms with E-state index >= 15 is 0 Å². The number of carbonyl (C=O) groups is 1. The fourth-order valence-corrected chi connectivity index (χ4v) is 2.95. The second kappa shape index (κ2) is 7.03. The number of hydrazone groups is 1. The van der Waals surface area contributed by atoms with Gasteiger partial charge >= 0.3 is 0 Å². The van der Waals surface area contributed by atoms with E-state index in [2.05, 4.69) is 10.0 Å². The topological polar surface area (TPSA) is 45.1 Å². The second-order valence-corrected chi connectivity index (χ2v) is 5.84. The molecule has 1 amide bonds. The Bertz CT molecular complexity index is 538. The number of carbonyl (C=O) groups excluding carboxylic acids is 1. The highest BCUT2D eigenvalue weighted by Crippen LogP contribution is 2.20. The van der Waals surface area contributed by atoms with Crippen LogP contribution in [0.25, 0.3) is 0 Å². The van der Waals surface area contributed by atoms with E-state index < -0.39 is 0 Å². The molecule has 0 aromatic heterocycles. The van der Waals surface area contributed by atoms with Crippen molar-refractivity contribution in [2.24, 2.45) is 11.0 Å². The van der Waals surface area contributed by atoms with Crippen molar-refractivity contribution < 1.29 is 9.53 Å². The summed E-state index contributed by atoms with van der Waals surface area (Å²) in [5.74, 6) is -0.0355. The van der Waals surface area contributed by atoms with Gasteiger partial charge in [-0.15, -0.1) is 0 Å². The molecule has 2 heterocycles. The molecule has 1 fully saturated rings. The molecule has 0 spiro atoms. The Morgan fingerprint density at radius 1 is 1.18 bits per heavy atom. The first kappa shape index (κ1) is 15.2. The molecule has 0 N–H and O–H groups in total. The van der Waals surface area contributed by atoms with Gasteiger partial charge in [-0.2, -0.15) is 5.10 Å². The third-order valence-corrected chi connectivity index (χ3v) is 4.28. The summed E-state index contributed by atoms with van der Waals surface area (Å²) in [5.41, 5.74) is 1.93. The first-order valence-corrected chi connectivity index (χ1v) is 8.01. The first-order chi connectivity index (χ1) is 10.8. The molecular formula is C17H23N3O2. The van der Waals surface area contributed by atoms with Crippen molar-refractivity contribution in [2.75, 3.05) is 39.4 Å². The van der Waals surface area contributed by atoms with Gasteiger partial charge in [-0.3, -0.25) is 9.69 Å². The van der Waals surface area contributed by atoms with Crippen molar-refractivity contribution in [3.05, 3.63) is 35.9 Å². The van der Waals surface area contributed by atoms with Crippen LogP contribution in [0.5, 0.6) is 0 Å². The van der Waals surface area contributed by atoms with Crippen molar-refractivity contribution in [2.45, 2.75) is 13.3 Å². The van der Waals surface area contributed by atoms with Crippen LogP contribution >= 0.6 is 0 Å². The van der Waals surface area contributed by atoms with E-state index in [1.807, 2.05) is 37.3 Å². The van der Waals surface area contributed by atoms with E-state index in [0.29, 0.717) is 6.54 Å². The van der Waals surface area contributed by atoms with Gasteiger partial charge in [0.25, 0.3) is 5.91 Å². The SMILES string of the molecule is CC1C(=O)N(CCCN2CCOCC2)N=C1c1ccccc1. The fraction of sp³-hybridized carbons (Fsp3) is 0.529. The molecule has 1 unspecified atom stereocenters. The highest BCUT2D eigenvalue weighted by atomic mass is 16.5. The molecule has 2 aliphatic heterocycles. The maximum Gasteiger partial charge on any atom is 0.251 e. The average Bonchev–Trinajstić information content (AvgIpc) is 2.85. The van der Waals surface area contributed by atoms with Gasteiger partial charge in [0, 0.05) is 26.2 Å². The van der Waals surface area contributed by atoms with Crippen LogP contribution in [0.4, 0.5) is 0 Å². The van der Waals surface area contributed by atoms with Crippen molar-refractivity contribution in [3.63, 3.8) is 0 Å². The lowest BCUT2D eigenvalue weighted by molar-refractivity contribution is -0.131. The van der Waals surface area contributed by atoms with E-state index in [4.69, 9.17) is 4.74 Å². The Hall–Kier alpha value is -1.72. The summed E-state index contributed by atoms with van der Waals surface area (Å²) in [4.78, 5) is 14.7. The fourth-order valence-electron chi connectivity index (χ4n) is 2.95. The largest absolute Gasteiger partial charge is 0.379 e. The zero-order chi connectivity index (χ0) is 15.4. The normalized spacial score (nSPS) is 23.0. The highest BCUT2D eigenvalue weighted by Gasteiger charge is 2.32. The predicted octanol–water partition coefficient (Wildman–Crippen LogP) is 1.59. The number of benzene rings is 1. The molecule has 5 heteroatoms. The van der Waals surface area contributed by atoms with E-state index in [1.165, 1.54) is 0 Å². The van der Waals surface area contributed by atoms with Gasteiger partial charge in [0.05, 0.1) is 24.8 Å². The zero-order valence-corrected chi connectivity index (χ0v) is 13.1. The van der Waals surface area contributed by atoms with Crippen LogP contribution in [0, 0.1) is 5.92 Å². The van der Waals surface area contributed by atoms with Gasteiger partial charge in [0.15, 0.2) is 0 Å². The Labute approximate surface area is 131 Å². The second-order valence-electron chi connectivity index (χ2n) is 5.84. The monoisotopic (exact) mass is 301 g/mol. The third-order valence-electron chi connectivity index (χ3n) is 4.28. The summed E-state index contributed by atoms with van der Waals surface area (Å²) in [6, 6.07) is 9.97. The molecule has 1 aromatic rings. The van der Waals surface area contributed by atoms with Crippen LogP contribution in [0.3, 0.4) is 0 Å². The Morgan fingerprint density at radius 2 is 1.91 bits per heavy atom. The van der Waals surface area contributed by atoms with Crippen molar-refractivity contribution >= 4 is 11.6 Å². The molecule has 2 aliphatic rings. The molecule has 118 valence electrons. The molecule has 1 aromatic carbocycles. The molecule has 1 saturated heterocycles. The Kier molecular flexibility index (Phi) is 4.85. The molecule has 5 nitrogen and oxygen atoms in total. The van der Waals surface area contributed by atoms with Crippen LogP contribution in [0.2, 0.25) is 0 Å². The minimum absolute atomic E-state index is 0.112. The van der Waals surface area contributed by atoms with Crippen LogP contribution in [-0.2, 0) is 9.53 Å². The van der Waals surface area contributed by atoms with Crippen molar-refractivity contribution in [3.8, 4) is 0 Å². The number of amides is 1. The summed E-state index contributed by atoms with van der Waals surface area (Å²) < 4.78 is 5.35. The van der Waals surface area contributed by atoms with Gasteiger partial charge in [-0.25, -0.2) is 5.01 Å². The number of nitrogens with zero attached hydrogens (tertiary/aromatic N) is 3. The van der Waals surface area contributed by atoms with Crippen LogP contribution in [-0.4, -0.2) is 60.9 Å². The van der Waals surface area contributed by atoms with Gasteiger partial charge in [0.1, 0.15) is 0 Å².